The van der Waals surface area contributed by atoms with Crippen molar-refractivity contribution < 1.29 is 4.79 Å². The van der Waals surface area contributed by atoms with Gasteiger partial charge in [0.1, 0.15) is 5.01 Å². The van der Waals surface area contributed by atoms with Gasteiger partial charge in [0.15, 0.2) is 0 Å². The molecule has 2 atom stereocenters. The summed E-state index contributed by atoms with van der Waals surface area (Å²) in [4.78, 5) is 17.8. The summed E-state index contributed by atoms with van der Waals surface area (Å²) in [5.74, 6) is 0.292. The number of carbonyl (C=O) groups excluding carboxylic acids is 1. The van der Waals surface area contributed by atoms with Crippen molar-refractivity contribution in [3.8, 4) is 0 Å². The third kappa shape index (κ3) is 3.26. The summed E-state index contributed by atoms with van der Waals surface area (Å²) in [7, 11) is 0. The third-order valence-electron chi connectivity index (χ3n) is 3.02. The van der Waals surface area contributed by atoms with E-state index >= 15 is 0 Å². The third-order valence-corrected chi connectivity index (χ3v) is 3.98. The van der Waals surface area contributed by atoms with E-state index in [1.54, 1.807) is 11.3 Å². The van der Waals surface area contributed by atoms with Crippen molar-refractivity contribution in [2.24, 2.45) is 0 Å². The highest BCUT2D eigenvalue weighted by atomic mass is 32.1. The van der Waals surface area contributed by atoms with Crippen LogP contribution in [0.2, 0.25) is 0 Å². The number of thiazole rings is 1. The van der Waals surface area contributed by atoms with Gasteiger partial charge in [-0.25, -0.2) is 4.98 Å². The molecular weight excluding hydrogens is 234 g/mol. The lowest BCUT2D eigenvalue weighted by Gasteiger charge is -2.24. The van der Waals surface area contributed by atoms with Crippen LogP contribution in [0.4, 0.5) is 0 Å². The Morgan fingerprint density at radius 3 is 3.00 bits per heavy atom. The van der Waals surface area contributed by atoms with E-state index in [-0.39, 0.29) is 6.04 Å². The lowest BCUT2D eigenvalue weighted by atomic mass is 10.2. The molecule has 0 aromatic carbocycles. The van der Waals surface area contributed by atoms with E-state index in [0.29, 0.717) is 11.9 Å². The number of hydrogen-bond acceptors (Lipinski definition) is 4. The first kappa shape index (κ1) is 12.5. The fraction of sp³-hybridized carbons (Fsp3) is 0.667. The van der Waals surface area contributed by atoms with Crippen LogP contribution in [-0.4, -0.2) is 34.9 Å². The quantitative estimate of drug-likeness (QED) is 0.870. The second-order valence-corrected chi connectivity index (χ2v) is 5.53. The molecule has 1 fully saturated rings. The molecule has 1 aliphatic rings. The van der Waals surface area contributed by atoms with Gasteiger partial charge in [-0.3, -0.25) is 4.79 Å². The molecule has 4 nitrogen and oxygen atoms in total. The van der Waals surface area contributed by atoms with Crippen LogP contribution in [0.3, 0.4) is 0 Å². The molecule has 1 saturated heterocycles. The topological polar surface area (TPSA) is 45.2 Å². The molecule has 1 aromatic heterocycles. The first-order valence-electron chi connectivity index (χ1n) is 6.10. The molecule has 0 aliphatic carbocycles. The Hall–Kier alpha value is -0.940. The average Bonchev–Trinajstić information content (AvgIpc) is 2.90. The first-order chi connectivity index (χ1) is 8.16. The minimum Gasteiger partial charge on any atom is -0.341 e. The van der Waals surface area contributed by atoms with Crippen LogP contribution >= 0.6 is 11.3 Å². The summed E-state index contributed by atoms with van der Waals surface area (Å²) in [6.07, 6.45) is 3.55. The molecule has 5 heteroatoms. The monoisotopic (exact) mass is 253 g/mol. The minimum absolute atomic E-state index is 0.253. The Morgan fingerprint density at radius 1 is 1.59 bits per heavy atom. The van der Waals surface area contributed by atoms with E-state index in [1.165, 1.54) is 0 Å². The van der Waals surface area contributed by atoms with Crippen LogP contribution < -0.4 is 5.32 Å². The summed E-state index contributed by atoms with van der Waals surface area (Å²) in [5.41, 5.74) is 0. The predicted molar refractivity (Wildman–Crippen MR) is 68.9 cm³/mol. The highest BCUT2D eigenvalue weighted by Crippen LogP contribution is 2.16. The highest BCUT2D eigenvalue weighted by Gasteiger charge is 2.22. The molecule has 2 unspecified atom stereocenters. The van der Waals surface area contributed by atoms with Gasteiger partial charge in [0, 0.05) is 37.1 Å². The molecule has 0 bridgehead atoms. The van der Waals surface area contributed by atoms with Gasteiger partial charge in [-0.05, 0) is 20.3 Å². The van der Waals surface area contributed by atoms with Crippen molar-refractivity contribution in [2.75, 3.05) is 13.1 Å². The van der Waals surface area contributed by atoms with Crippen molar-refractivity contribution in [2.45, 2.75) is 38.8 Å². The number of nitrogens with one attached hydrogen (secondary N) is 1. The second kappa shape index (κ2) is 5.60. The number of carbonyl (C=O) groups is 1. The summed E-state index contributed by atoms with van der Waals surface area (Å²) in [6, 6.07) is 0.554. The van der Waals surface area contributed by atoms with Crippen LogP contribution in [0.1, 0.15) is 37.7 Å². The van der Waals surface area contributed by atoms with Gasteiger partial charge in [-0.1, -0.05) is 0 Å². The predicted octanol–water partition coefficient (Wildman–Crippen LogP) is 1.80. The molecule has 1 N–H and O–H groups in total. The van der Waals surface area contributed by atoms with E-state index in [4.69, 9.17) is 0 Å². The maximum absolute atomic E-state index is 11.5. The summed E-state index contributed by atoms with van der Waals surface area (Å²) < 4.78 is 0. The molecule has 1 amide bonds. The Kier molecular flexibility index (Phi) is 4.12. The number of aromatic nitrogens is 1. The zero-order valence-corrected chi connectivity index (χ0v) is 11.2. The fourth-order valence-corrected chi connectivity index (χ4v) is 2.88. The zero-order chi connectivity index (χ0) is 12.3. The van der Waals surface area contributed by atoms with Crippen LogP contribution in [-0.2, 0) is 4.79 Å². The van der Waals surface area contributed by atoms with Crippen LogP contribution in [0.5, 0.6) is 0 Å². The van der Waals surface area contributed by atoms with Gasteiger partial charge in [-0.15, -0.1) is 11.3 Å². The van der Waals surface area contributed by atoms with Gasteiger partial charge in [0.05, 0.1) is 6.04 Å². The number of likely N-dealkylation sites (tertiary alicyclic amines) is 1. The van der Waals surface area contributed by atoms with E-state index in [2.05, 4.69) is 24.1 Å². The molecule has 94 valence electrons. The zero-order valence-electron chi connectivity index (χ0n) is 10.3. The normalized spacial score (nSPS) is 19.6. The van der Waals surface area contributed by atoms with Gasteiger partial charge < -0.3 is 10.2 Å². The van der Waals surface area contributed by atoms with Crippen molar-refractivity contribution in [3.63, 3.8) is 0 Å². The lowest BCUT2D eigenvalue weighted by molar-refractivity contribution is -0.127. The molecule has 2 heterocycles. The Labute approximate surface area is 106 Å². The minimum atomic E-state index is 0.253. The smallest absolute Gasteiger partial charge is 0.222 e. The first-order valence-corrected chi connectivity index (χ1v) is 6.98. The average molecular weight is 253 g/mol. The maximum atomic E-state index is 11.5. The Bertz CT molecular complexity index is 366. The highest BCUT2D eigenvalue weighted by molar-refractivity contribution is 7.09. The van der Waals surface area contributed by atoms with Crippen LogP contribution in [0.25, 0.3) is 0 Å². The second-order valence-electron chi connectivity index (χ2n) is 4.60. The number of hydrogen-bond donors (Lipinski definition) is 1. The summed E-state index contributed by atoms with van der Waals surface area (Å²) in [5, 5.41) is 6.57. The molecular formula is C12H19N3OS. The Morgan fingerprint density at radius 2 is 2.41 bits per heavy atom. The molecule has 1 aromatic rings. The lowest BCUT2D eigenvalue weighted by Crippen LogP contribution is -2.40. The Balaban J connectivity index is 1.80. The van der Waals surface area contributed by atoms with E-state index in [1.807, 2.05) is 16.5 Å². The summed E-state index contributed by atoms with van der Waals surface area (Å²) >= 11 is 1.66. The van der Waals surface area contributed by atoms with E-state index in [0.717, 1.165) is 30.9 Å². The van der Waals surface area contributed by atoms with Crippen molar-refractivity contribution >= 4 is 17.2 Å². The standard InChI is InChI=1S/C12H19N3OS/c1-9(8-15-6-3-4-11(15)16)14-10(2)12-13-5-7-17-12/h5,7,9-10,14H,3-4,6,8H2,1-2H3. The van der Waals surface area contributed by atoms with E-state index < -0.39 is 0 Å². The number of nitrogens with zero attached hydrogens (tertiary/aromatic N) is 2. The van der Waals surface area contributed by atoms with Gasteiger partial charge in [0.25, 0.3) is 0 Å². The number of amides is 1. The molecule has 0 spiro atoms. The SMILES string of the molecule is CC(CN1CCCC1=O)NC(C)c1nccs1. The molecule has 0 radical (unpaired) electrons. The van der Waals surface area contributed by atoms with Crippen LogP contribution in [0.15, 0.2) is 11.6 Å². The van der Waals surface area contributed by atoms with Gasteiger partial charge in [-0.2, -0.15) is 0 Å². The van der Waals surface area contributed by atoms with Crippen LogP contribution in [0, 0.1) is 0 Å². The molecule has 17 heavy (non-hydrogen) atoms. The number of rotatable bonds is 5. The maximum Gasteiger partial charge on any atom is 0.222 e. The van der Waals surface area contributed by atoms with E-state index in [9.17, 15) is 4.79 Å². The van der Waals surface area contributed by atoms with Gasteiger partial charge >= 0.3 is 0 Å². The largest absolute Gasteiger partial charge is 0.341 e. The van der Waals surface area contributed by atoms with Crippen molar-refractivity contribution in [3.05, 3.63) is 16.6 Å². The van der Waals surface area contributed by atoms with Crippen molar-refractivity contribution in [1.29, 1.82) is 0 Å². The molecule has 2 rings (SSSR count). The van der Waals surface area contributed by atoms with Gasteiger partial charge in [0.2, 0.25) is 5.91 Å². The fourth-order valence-electron chi connectivity index (χ4n) is 2.23. The molecule has 0 saturated carbocycles. The summed E-state index contributed by atoms with van der Waals surface area (Å²) in [6.45, 7) is 5.95. The van der Waals surface area contributed by atoms with Crippen molar-refractivity contribution in [1.82, 2.24) is 15.2 Å². The molecule has 1 aliphatic heterocycles.